The first-order valence-corrected chi connectivity index (χ1v) is 11.3. The van der Waals surface area contributed by atoms with Gasteiger partial charge in [-0.25, -0.2) is 0 Å². The minimum atomic E-state index is -2.58. The third kappa shape index (κ3) is 2.83. The molecule has 0 aromatic heterocycles. The van der Waals surface area contributed by atoms with Crippen LogP contribution in [0.5, 0.6) is 0 Å². The summed E-state index contributed by atoms with van der Waals surface area (Å²) in [5.41, 5.74) is 1.99. The van der Waals surface area contributed by atoms with Gasteiger partial charge in [-0.05, 0) is 36.5 Å². The molecule has 3 aliphatic carbocycles. The van der Waals surface area contributed by atoms with Crippen LogP contribution in [0.15, 0.2) is 72.3 Å². The summed E-state index contributed by atoms with van der Waals surface area (Å²) in [4.78, 5) is 0. The zero-order valence-electron chi connectivity index (χ0n) is 15.2. The molecule has 2 aromatic carbocycles. The Bertz CT molecular complexity index is 776. The van der Waals surface area contributed by atoms with Crippen LogP contribution in [-0.2, 0) is 4.57 Å². The van der Waals surface area contributed by atoms with Crippen LogP contribution in [0.4, 0.5) is 0 Å². The average Bonchev–Trinajstić information content (AvgIpc) is 2.67. The van der Waals surface area contributed by atoms with Crippen molar-refractivity contribution in [2.45, 2.75) is 33.1 Å². The van der Waals surface area contributed by atoms with Gasteiger partial charge < -0.3 is 4.57 Å². The zero-order valence-corrected chi connectivity index (χ0v) is 16.1. The Kier molecular flexibility index (Phi) is 4.24. The van der Waals surface area contributed by atoms with Crippen LogP contribution in [0, 0.1) is 17.3 Å². The first-order chi connectivity index (χ1) is 12.0. The lowest BCUT2D eigenvalue weighted by molar-refractivity contribution is -0.00771. The van der Waals surface area contributed by atoms with Crippen molar-refractivity contribution < 1.29 is 4.57 Å². The molecule has 25 heavy (non-hydrogen) atoms. The van der Waals surface area contributed by atoms with E-state index in [4.69, 9.17) is 0 Å². The molecule has 0 aliphatic heterocycles. The van der Waals surface area contributed by atoms with Gasteiger partial charge in [0.25, 0.3) is 0 Å². The molecule has 3 aliphatic rings. The first kappa shape index (κ1) is 16.9. The van der Waals surface area contributed by atoms with E-state index < -0.39 is 7.14 Å². The molecule has 1 saturated carbocycles. The largest absolute Gasteiger partial charge is 0.314 e. The highest BCUT2D eigenvalue weighted by molar-refractivity contribution is 7.78. The summed E-state index contributed by atoms with van der Waals surface area (Å²) in [7, 11) is -2.58. The summed E-state index contributed by atoms with van der Waals surface area (Å²) < 4.78 is 14.1. The number of allylic oxidation sites excluding steroid dienone is 2. The second-order valence-corrected chi connectivity index (χ2v) is 11.2. The standard InChI is InChI=1S/C23H27OP/c1-23(2)19-14-13-18(22(23)17-19)15-16-25(24,20-9-5-3-6-10-20)21-11-7-4-8-12-21/h3-13,19,22H,14-17H2,1-2H3/t19-,22-/m0/s1. The van der Waals surface area contributed by atoms with E-state index in [1.165, 1.54) is 12.8 Å². The van der Waals surface area contributed by atoms with Crippen LogP contribution in [0.25, 0.3) is 0 Å². The SMILES string of the molecule is CC1(C)[C@H]2CC=C(CCP(=O)(c3ccccc3)c3ccccc3)[C@@H]1C2. The third-order valence-corrected chi connectivity index (χ3v) is 9.76. The monoisotopic (exact) mass is 350 g/mol. The van der Waals surface area contributed by atoms with Gasteiger partial charge in [0.1, 0.15) is 7.14 Å². The van der Waals surface area contributed by atoms with E-state index >= 15 is 0 Å². The van der Waals surface area contributed by atoms with E-state index in [0.717, 1.165) is 29.1 Å². The smallest absolute Gasteiger partial charge is 0.143 e. The van der Waals surface area contributed by atoms with Crippen molar-refractivity contribution in [1.82, 2.24) is 0 Å². The topological polar surface area (TPSA) is 17.1 Å². The number of rotatable bonds is 5. The highest BCUT2D eigenvalue weighted by Crippen LogP contribution is 2.60. The molecule has 5 rings (SSSR count). The minimum absolute atomic E-state index is 0.438. The lowest BCUT2D eigenvalue weighted by Crippen LogP contribution is -2.48. The maximum Gasteiger partial charge on any atom is 0.143 e. The molecule has 2 atom stereocenters. The maximum absolute atomic E-state index is 14.1. The Hall–Kier alpha value is -1.59. The van der Waals surface area contributed by atoms with Crippen LogP contribution < -0.4 is 10.6 Å². The molecular weight excluding hydrogens is 323 g/mol. The van der Waals surface area contributed by atoms with Gasteiger partial charge in [0, 0.05) is 16.8 Å². The van der Waals surface area contributed by atoms with Crippen LogP contribution >= 0.6 is 7.14 Å². The van der Waals surface area contributed by atoms with Gasteiger partial charge in [-0.1, -0.05) is 86.2 Å². The van der Waals surface area contributed by atoms with Crippen molar-refractivity contribution in [3.8, 4) is 0 Å². The Morgan fingerprint density at radius 3 is 2.00 bits per heavy atom. The number of benzene rings is 2. The van der Waals surface area contributed by atoms with Crippen LogP contribution in [0.2, 0.25) is 0 Å². The summed E-state index contributed by atoms with van der Waals surface area (Å²) in [6.07, 6.45) is 6.69. The molecule has 2 bridgehead atoms. The van der Waals surface area contributed by atoms with E-state index in [-0.39, 0.29) is 0 Å². The second-order valence-electron chi connectivity index (χ2n) is 8.21. The van der Waals surface area contributed by atoms with E-state index in [2.05, 4.69) is 19.9 Å². The fourth-order valence-corrected chi connectivity index (χ4v) is 7.48. The molecule has 0 heterocycles. The van der Waals surface area contributed by atoms with Crippen molar-refractivity contribution in [3.63, 3.8) is 0 Å². The molecule has 1 nitrogen and oxygen atoms in total. The number of fused-ring (bicyclic) bond motifs is 1. The van der Waals surface area contributed by atoms with Crippen molar-refractivity contribution in [2.24, 2.45) is 17.3 Å². The van der Waals surface area contributed by atoms with Gasteiger partial charge in [-0.15, -0.1) is 0 Å². The van der Waals surface area contributed by atoms with Crippen molar-refractivity contribution in [2.75, 3.05) is 6.16 Å². The summed E-state index contributed by atoms with van der Waals surface area (Å²) >= 11 is 0. The molecule has 130 valence electrons. The molecule has 0 spiro atoms. The molecule has 0 unspecified atom stereocenters. The maximum atomic E-state index is 14.1. The van der Waals surface area contributed by atoms with Gasteiger partial charge in [-0.2, -0.15) is 0 Å². The predicted octanol–water partition coefficient (Wildman–Crippen LogP) is 5.38. The Balaban J connectivity index is 1.62. The summed E-state index contributed by atoms with van der Waals surface area (Å²) in [6.45, 7) is 4.82. The highest BCUT2D eigenvalue weighted by Gasteiger charge is 2.51. The minimum Gasteiger partial charge on any atom is -0.314 e. The van der Waals surface area contributed by atoms with Crippen LogP contribution in [-0.4, -0.2) is 6.16 Å². The Labute approximate surface area is 151 Å². The molecule has 0 saturated heterocycles. The lowest BCUT2D eigenvalue weighted by Gasteiger charge is -2.56. The van der Waals surface area contributed by atoms with Crippen LogP contribution in [0.1, 0.15) is 33.1 Å². The van der Waals surface area contributed by atoms with Crippen molar-refractivity contribution in [1.29, 1.82) is 0 Å². The molecule has 1 fully saturated rings. The highest BCUT2D eigenvalue weighted by atomic mass is 31.2. The van der Waals surface area contributed by atoms with Gasteiger partial charge in [0.2, 0.25) is 0 Å². The fraction of sp³-hybridized carbons (Fsp3) is 0.391. The van der Waals surface area contributed by atoms with Gasteiger partial charge >= 0.3 is 0 Å². The molecule has 0 N–H and O–H groups in total. The first-order valence-electron chi connectivity index (χ1n) is 9.41. The molecule has 0 amide bonds. The Morgan fingerprint density at radius 1 is 0.960 bits per heavy atom. The third-order valence-electron chi connectivity index (χ3n) is 6.64. The molecule has 0 radical (unpaired) electrons. The predicted molar refractivity (Wildman–Crippen MR) is 107 cm³/mol. The molecule has 2 heteroatoms. The van der Waals surface area contributed by atoms with Crippen LogP contribution in [0.3, 0.4) is 0 Å². The average molecular weight is 350 g/mol. The molecule has 2 aromatic rings. The molecular formula is C23H27OP. The normalized spacial score (nSPS) is 24.3. The second kappa shape index (κ2) is 6.29. The Morgan fingerprint density at radius 2 is 1.52 bits per heavy atom. The van der Waals surface area contributed by atoms with E-state index in [1.54, 1.807) is 5.57 Å². The fourth-order valence-electron chi connectivity index (χ4n) is 4.79. The lowest BCUT2D eigenvalue weighted by atomic mass is 9.48. The van der Waals surface area contributed by atoms with E-state index in [1.807, 2.05) is 60.7 Å². The quantitative estimate of drug-likeness (QED) is 0.522. The zero-order chi connectivity index (χ0) is 17.5. The van der Waals surface area contributed by atoms with Crippen molar-refractivity contribution in [3.05, 3.63) is 72.3 Å². The number of hydrogen-bond acceptors (Lipinski definition) is 1. The van der Waals surface area contributed by atoms with E-state index in [0.29, 0.717) is 11.3 Å². The van der Waals surface area contributed by atoms with Crippen molar-refractivity contribution >= 4 is 17.8 Å². The summed E-state index contributed by atoms with van der Waals surface area (Å²) in [5.74, 6) is 1.56. The number of hydrogen-bond donors (Lipinski definition) is 0. The van der Waals surface area contributed by atoms with E-state index in [9.17, 15) is 4.57 Å². The van der Waals surface area contributed by atoms with Gasteiger partial charge in [0.05, 0.1) is 0 Å². The summed E-state index contributed by atoms with van der Waals surface area (Å²) in [6, 6.07) is 20.2. The van der Waals surface area contributed by atoms with Gasteiger partial charge in [-0.3, -0.25) is 0 Å². The summed E-state index contributed by atoms with van der Waals surface area (Å²) in [5, 5.41) is 1.98. The van der Waals surface area contributed by atoms with Gasteiger partial charge in [0.15, 0.2) is 0 Å².